The number of carboxylic acid groups (broad SMARTS) is 1. The number of carboxylic acids is 1. The minimum Gasteiger partial charge on any atom is -0.481 e. The number of nitrogen functional groups attached to an aromatic ring is 1. The molecule has 1 atom stereocenters. The van der Waals surface area contributed by atoms with Gasteiger partial charge >= 0.3 is 5.97 Å². The van der Waals surface area contributed by atoms with E-state index in [1.165, 1.54) is 0 Å². The molecule has 1 rings (SSSR count). The van der Waals surface area contributed by atoms with Crippen LogP contribution in [0.1, 0.15) is 24.8 Å². The number of carbonyl (C=O) groups is 3. The van der Waals surface area contributed by atoms with Crippen LogP contribution in [0.3, 0.4) is 0 Å². The van der Waals surface area contributed by atoms with Crippen LogP contribution in [0, 0.1) is 17.8 Å². The number of rotatable bonds is 8. The number of carbonyl (C=O) groups excluding carboxylic acids is 2. The summed E-state index contributed by atoms with van der Waals surface area (Å²) in [5.41, 5.74) is 6.37. The Morgan fingerprint density at radius 1 is 1.20 bits per heavy atom. The Hall–Kier alpha value is -3.05. The van der Waals surface area contributed by atoms with Crippen molar-refractivity contribution in [3.63, 3.8) is 0 Å². The molecule has 6 N–H and O–H groups in total. The molecule has 0 fully saturated rings. The summed E-state index contributed by atoms with van der Waals surface area (Å²) in [6.07, 6.45) is 4.56. The Bertz CT molecular complexity index is 682. The number of aliphatic carboxylic acids is 1. The van der Waals surface area contributed by atoms with Crippen molar-refractivity contribution in [3.05, 3.63) is 29.8 Å². The van der Waals surface area contributed by atoms with Gasteiger partial charge in [-0.25, -0.2) is 0 Å². The molecule has 8 nitrogen and oxygen atoms in total. The van der Waals surface area contributed by atoms with Crippen molar-refractivity contribution < 1.29 is 19.5 Å². The molecule has 1 aromatic rings. The lowest BCUT2D eigenvalue weighted by Crippen LogP contribution is -2.35. The number of benzene rings is 1. The molecule has 0 saturated heterocycles. The third-order valence-electron chi connectivity index (χ3n) is 2.97. The number of amidine groups is 1. The Kier molecular flexibility index (Phi) is 9.37. The molecular formula is C16H19ClN4O4. The minimum atomic E-state index is -1.12. The summed E-state index contributed by atoms with van der Waals surface area (Å²) in [6, 6.07) is 5.46. The van der Waals surface area contributed by atoms with E-state index < -0.39 is 17.9 Å². The van der Waals surface area contributed by atoms with Gasteiger partial charge in [0.25, 0.3) is 0 Å². The van der Waals surface area contributed by atoms with E-state index in [4.69, 9.17) is 22.7 Å². The maximum Gasteiger partial charge on any atom is 0.306 e. The Morgan fingerprint density at radius 3 is 2.24 bits per heavy atom. The van der Waals surface area contributed by atoms with Crippen LogP contribution in [-0.2, 0) is 14.4 Å². The quantitative estimate of drug-likeness (QED) is 0.261. The van der Waals surface area contributed by atoms with Crippen molar-refractivity contribution in [2.75, 3.05) is 5.32 Å². The number of nitrogens with one attached hydrogen (secondary N) is 3. The van der Waals surface area contributed by atoms with Crippen molar-refractivity contribution in [2.24, 2.45) is 5.73 Å². The number of anilines is 1. The number of nitrogens with two attached hydrogens (primary N) is 1. The number of halogens is 1. The summed E-state index contributed by atoms with van der Waals surface area (Å²) in [4.78, 5) is 34.0. The van der Waals surface area contributed by atoms with Crippen LogP contribution in [0.25, 0.3) is 0 Å². The Morgan fingerprint density at radius 2 is 1.76 bits per heavy atom. The second-order valence-electron chi connectivity index (χ2n) is 4.92. The molecule has 0 aliphatic heterocycles. The normalized spacial score (nSPS) is 10.5. The lowest BCUT2D eigenvalue weighted by molar-refractivity contribution is -0.137. The number of terminal acetylenes is 1. The maximum atomic E-state index is 11.8. The summed E-state index contributed by atoms with van der Waals surface area (Å²) in [6.45, 7) is 0. The third-order valence-corrected chi connectivity index (χ3v) is 2.97. The molecule has 0 heterocycles. The summed E-state index contributed by atoms with van der Waals surface area (Å²) in [7, 11) is 0. The molecule has 0 radical (unpaired) electrons. The lowest BCUT2D eigenvalue weighted by atomic mass is 10.2. The Labute approximate surface area is 151 Å². The van der Waals surface area contributed by atoms with Gasteiger partial charge in [0.1, 0.15) is 11.9 Å². The SMILES string of the molecule is C#C[C@H](CC(=O)O)NC(=O)CCC(=O)Nc1ccc(C(=N)N)cc1.Cl. The van der Waals surface area contributed by atoms with Gasteiger partial charge in [-0.1, -0.05) is 5.92 Å². The molecular weight excluding hydrogens is 348 g/mol. The summed E-state index contributed by atoms with van der Waals surface area (Å²) in [5.74, 6) is 0.0926. The minimum absolute atomic E-state index is 0. The zero-order chi connectivity index (χ0) is 18.1. The molecule has 0 aliphatic carbocycles. The van der Waals surface area contributed by atoms with Crippen molar-refractivity contribution in [1.82, 2.24) is 5.32 Å². The molecule has 134 valence electrons. The average molecular weight is 367 g/mol. The van der Waals surface area contributed by atoms with Crippen LogP contribution in [0.5, 0.6) is 0 Å². The van der Waals surface area contributed by atoms with Gasteiger partial charge in [0.15, 0.2) is 0 Å². The van der Waals surface area contributed by atoms with Gasteiger partial charge in [-0.3, -0.25) is 19.8 Å². The predicted octanol–water partition coefficient (Wildman–Crippen LogP) is 0.704. The highest BCUT2D eigenvalue weighted by Gasteiger charge is 2.14. The Balaban J connectivity index is 0.00000576. The van der Waals surface area contributed by atoms with Crippen molar-refractivity contribution in [1.29, 1.82) is 5.41 Å². The molecule has 0 unspecified atom stereocenters. The first kappa shape index (κ1) is 21.9. The van der Waals surface area contributed by atoms with Gasteiger partial charge in [0.2, 0.25) is 11.8 Å². The van der Waals surface area contributed by atoms with E-state index >= 15 is 0 Å². The highest BCUT2D eigenvalue weighted by Crippen LogP contribution is 2.10. The second kappa shape index (κ2) is 10.7. The van der Waals surface area contributed by atoms with Gasteiger partial charge in [0.05, 0.1) is 6.42 Å². The fraction of sp³-hybridized carbons (Fsp3) is 0.250. The van der Waals surface area contributed by atoms with E-state index in [2.05, 4.69) is 16.6 Å². The molecule has 25 heavy (non-hydrogen) atoms. The van der Waals surface area contributed by atoms with E-state index in [0.29, 0.717) is 11.3 Å². The fourth-order valence-electron chi connectivity index (χ4n) is 1.78. The monoisotopic (exact) mass is 366 g/mol. The van der Waals surface area contributed by atoms with Crippen LogP contribution in [0.2, 0.25) is 0 Å². The van der Waals surface area contributed by atoms with Crippen LogP contribution in [-0.4, -0.2) is 34.8 Å². The van der Waals surface area contributed by atoms with E-state index in [-0.39, 0.29) is 43.4 Å². The van der Waals surface area contributed by atoms with Gasteiger partial charge in [0, 0.05) is 24.1 Å². The molecule has 9 heteroatoms. The molecule has 0 aromatic heterocycles. The van der Waals surface area contributed by atoms with E-state index in [1.807, 2.05) is 0 Å². The highest BCUT2D eigenvalue weighted by molar-refractivity contribution is 5.96. The molecule has 0 saturated carbocycles. The van der Waals surface area contributed by atoms with Crippen molar-refractivity contribution in [2.45, 2.75) is 25.3 Å². The summed E-state index contributed by atoms with van der Waals surface area (Å²) >= 11 is 0. The molecule has 2 amide bonds. The number of amides is 2. The first-order valence-corrected chi connectivity index (χ1v) is 7.03. The van der Waals surface area contributed by atoms with E-state index in [9.17, 15) is 14.4 Å². The lowest BCUT2D eigenvalue weighted by Gasteiger charge is -2.11. The summed E-state index contributed by atoms with van der Waals surface area (Å²) in [5, 5.41) is 20.9. The third kappa shape index (κ3) is 8.39. The predicted molar refractivity (Wildman–Crippen MR) is 95.6 cm³/mol. The summed E-state index contributed by atoms with van der Waals surface area (Å²) < 4.78 is 0. The fourth-order valence-corrected chi connectivity index (χ4v) is 1.78. The standard InChI is InChI=1S/C16H18N4O4.ClH/c1-2-11(9-15(23)24)19-13(21)7-8-14(22)20-12-5-3-10(4-6-12)16(17)18;/h1,3-6,11H,7-9H2,(H3,17,18)(H,19,21)(H,20,22)(H,23,24);1H/t11-;/m1./s1. The number of hydrogen-bond acceptors (Lipinski definition) is 4. The topological polar surface area (TPSA) is 145 Å². The van der Waals surface area contributed by atoms with E-state index in [0.717, 1.165) is 0 Å². The molecule has 0 spiro atoms. The largest absolute Gasteiger partial charge is 0.481 e. The number of hydrogen-bond donors (Lipinski definition) is 5. The zero-order valence-corrected chi connectivity index (χ0v) is 14.1. The molecule has 1 aromatic carbocycles. The van der Waals surface area contributed by atoms with Crippen LogP contribution >= 0.6 is 12.4 Å². The first-order chi connectivity index (χ1) is 11.3. The molecule has 0 bridgehead atoms. The molecule has 0 aliphatic rings. The van der Waals surface area contributed by atoms with E-state index in [1.54, 1.807) is 24.3 Å². The van der Waals surface area contributed by atoms with Crippen LogP contribution in [0.4, 0.5) is 5.69 Å². The van der Waals surface area contributed by atoms with Gasteiger partial charge in [-0.05, 0) is 24.3 Å². The highest BCUT2D eigenvalue weighted by atomic mass is 35.5. The van der Waals surface area contributed by atoms with Crippen molar-refractivity contribution in [3.8, 4) is 12.3 Å². The second-order valence-corrected chi connectivity index (χ2v) is 4.92. The van der Waals surface area contributed by atoms with Gasteiger partial charge in [-0.2, -0.15) is 0 Å². The maximum absolute atomic E-state index is 11.8. The average Bonchev–Trinajstić information content (AvgIpc) is 2.52. The zero-order valence-electron chi connectivity index (χ0n) is 13.2. The smallest absolute Gasteiger partial charge is 0.306 e. The first-order valence-electron chi connectivity index (χ1n) is 7.03. The van der Waals surface area contributed by atoms with Crippen molar-refractivity contribution >= 4 is 41.7 Å². The van der Waals surface area contributed by atoms with Crippen LogP contribution < -0.4 is 16.4 Å². The van der Waals surface area contributed by atoms with Gasteiger partial charge in [-0.15, -0.1) is 18.8 Å². The van der Waals surface area contributed by atoms with Crippen LogP contribution in [0.15, 0.2) is 24.3 Å². The van der Waals surface area contributed by atoms with Gasteiger partial charge < -0.3 is 21.5 Å².